The fourth-order valence-electron chi connectivity index (χ4n) is 1.59. The quantitative estimate of drug-likeness (QED) is 0.846. The average molecular weight is 277 g/mol. The summed E-state index contributed by atoms with van der Waals surface area (Å²) in [4.78, 5) is 2.11. The molecular formula is C13H13BrN2. The Labute approximate surface area is 104 Å². The summed E-state index contributed by atoms with van der Waals surface area (Å²) in [6.07, 6.45) is 0. The molecule has 2 nitrogen and oxygen atoms in total. The van der Waals surface area contributed by atoms with Gasteiger partial charge in [0.05, 0.1) is 5.69 Å². The van der Waals surface area contributed by atoms with E-state index in [1.54, 1.807) is 0 Å². The summed E-state index contributed by atoms with van der Waals surface area (Å²) in [5, 5.41) is 0. The molecule has 2 aromatic carbocycles. The highest BCUT2D eigenvalue weighted by Crippen LogP contribution is 2.31. The maximum Gasteiger partial charge on any atom is 0.0554 e. The van der Waals surface area contributed by atoms with E-state index in [1.807, 2.05) is 43.4 Å². The lowest BCUT2D eigenvalue weighted by Gasteiger charge is -2.21. The summed E-state index contributed by atoms with van der Waals surface area (Å²) in [6.45, 7) is 0. The molecule has 0 aliphatic carbocycles. The van der Waals surface area contributed by atoms with E-state index in [1.165, 1.54) is 0 Å². The van der Waals surface area contributed by atoms with Crippen molar-refractivity contribution in [2.75, 3.05) is 17.7 Å². The summed E-state index contributed by atoms with van der Waals surface area (Å²) in [5.74, 6) is 0. The first kappa shape index (κ1) is 11.0. The molecular weight excluding hydrogens is 264 g/mol. The van der Waals surface area contributed by atoms with Gasteiger partial charge in [0.15, 0.2) is 0 Å². The Morgan fingerprint density at radius 1 is 1.06 bits per heavy atom. The van der Waals surface area contributed by atoms with Gasteiger partial charge in [-0.3, -0.25) is 0 Å². The maximum atomic E-state index is 5.72. The molecule has 2 aromatic rings. The second kappa shape index (κ2) is 4.58. The number of para-hydroxylation sites is 1. The second-order valence-electron chi connectivity index (χ2n) is 3.61. The first-order valence-electron chi connectivity index (χ1n) is 5.02. The number of rotatable bonds is 2. The van der Waals surface area contributed by atoms with Crippen molar-refractivity contribution in [2.45, 2.75) is 0 Å². The molecule has 16 heavy (non-hydrogen) atoms. The number of hydrogen-bond donors (Lipinski definition) is 1. The monoisotopic (exact) mass is 276 g/mol. The van der Waals surface area contributed by atoms with E-state index in [4.69, 9.17) is 5.73 Å². The van der Waals surface area contributed by atoms with Crippen LogP contribution in [0.4, 0.5) is 17.1 Å². The summed E-state index contributed by atoms with van der Waals surface area (Å²) < 4.78 is 0.999. The van der Waals surface area contributed by atoms with Gasteiger partial charge in [0.25, 0.3) is 0 Å². The van der Waals surface area contributed by atoms with Gasteiger partial charge in [0, 0.05) is 22.9 Å². The van der Waals surface area contributed by atoms with Gasteiger partial charge in [-0.15, -0.1) is 0 Å². The van der Waals surface area contributed by atoms with Crippen LogP contribution < -0.4 is 10.6 Å². The van der Waals surface area contributed by atoms with E-state index < -0.39 is 0 Å². The van der Waals surface area contributed by atoms with Crippen LogP contribution in [0.5, 0.6) is 0 Å². The van der Waals surface area contributed by atoms with E-state index in [-0.39, 0.29) is 0 Å². The highest BCUT2D eigenvalue weighted by atomic mass is 79.9. The van der Waals surface area contributed by atoms with Crippen molar-refractivity contribution in [3.63, 3.8) is 0 Å². The fraction of sp³-hybridized carbons (Fsp3) is 0.0769. The molecule has 0 amide bonds. The van der Waals surface area contributed by atoms with Crippen LogP contribution in [-0.4, -0.2) is 7.05 Å². The van der Waals surface area contributed by atoms with Gasteiger partial charge in [-0.2, -0.15) is 0 Å². The van der Waals surface area contributed by atoms with Gasteiger partial charge < -0.3 is 10.6 Å². The smallest absolute Gasteiger partial charge is 0.0554 e. The standard InChI is InChI=1S/C13H13BrN2/c1-16(11-5-3-2-4-6-11)13-8-7-10(15)9-12(13)14/h2-9H,15H2,1H3. The predicted octanol–water partition coefficient (Wildman–Crippen LogP) is 3.80. The van der Waals surface area contributed by atoms with E-state index >= 15 is 0 Å². The van der Waals surface area contributed by atoms with Gasteiger partial charge in [-0.05, 0) is 46.3 Å². The van der Waals surface area contributed by atoms with Gasteiger partial charge in [-0.25, -0.2) is 0 Å². The van der Waals surface area contributed by atoms with Crippen molar-refractivity contribution >= 4 is 33.0 Å². The number of anilines is 3. The SMILES string of the molecule is CN(c1ccccc1)c1ccc(N)cc1Br. The molecule has 0 saturated heterocycles. The number of nitrogen functional groups attached to an aromatic ring is 1. The van der Waals surface area contributed by atoms with Crippen molar-refractivity contribution in [3.05, 3.63) is 53.0 Å². The Kier molecular flexibility index (Phi) is 3.15. The zero-order valence-corrected chi connectivity index (χ0v) is 10.6. The summed E-state index contributed by atoms with van der Waals surface area (Å²) >= 11 is 3.52. The van der Waals surface area contributed by atoms with Crippen LogP contribution in [0.3, 0.4) is 0 Å². The van der Waals surface area contributed by atoms with Crippen LogP contribution in [0.1, 0.15) is 0 Å². The molecule has 0 aromatic heterocycles. The van der Waals surface area contributed by atoms with Gasteiger partial charge >= 0.3 is 0 Å². The molecule has 2 rings (SSSR count). The molecule has 0 atom stereocenters. The minimum atomic E-state index is 0.761. The molecule has 82 valence electrons. The van der Waals surface area contributed by atoms with E-state index in [2.05, 4.69) is 33.0 Å². The molecule has 0 heterocycles. The van der Waals surface area contributed by atoms with Crippen molar-refractivity contribution in [3.8, 4) is 0 Å². The summed E-state index contributed by atoms with van der Waals surface area (Å²) in [6, 6.07) is 16.0. The minimum absolute atomic E-state index is 0.761. The lowest BCUT2D eigenvalue weighted by Crippen LogP contribution is -2.09. The average Bonchev–Trinajstić information content (AvgIpc) is 2.29. The third kappa shape index (κ3) is 2.19. The molecule has 0 bridgehead atoms. The minimum Gasteiger partial charge on any atom is -0.399 e. The number of hydrogen-bond acceptors (Lipinski definition) is 2. The fourth-order valence-corrected chi connectivity index (χ4v) is 2.25. The Balaban J connectivity index is 2.38. The van der Waals surface area contributed by atoms with Crippen LogP contribution >= 0.6 is 15.9 Å². The molecule has 0 fully saturated rings. The first-order chi connectivity index (χ1) is 7.68. The first-order valence-corrected chi connectivity index (χ1v) is 5.81. The lowest BCUT2D eigenvalue weighted by molar-refractivity contribution is 1.20. The summed E-state index contributed by atoms with van der Waals surface area (Å²) in [7, 11) is 2.03. The zero-order valence-electron chi connectivity index (χ0n) is 9.02. The van der Waals surface area contributed by atoms with Crippen molar-refractivity contribution < 1.29 is 0 Å². The third-order valence-corrected chi connectivity index (χ3v) is 3.11. The van der Waals surface area contributed by atoms with E-state index in [0.29, 0.717) is 0 Å². The molecule has 0 aliphatic heterocycles. The van der Waals surface area contributed by atoms with Crippen LogP contribution in [0.15, 0.2) is 53.0 Å². The number of halogens is 1. The van der Waals surface area contributed by atoms with Gasteiger partial charge in [0.2, 0.25) is 0 Å². The molecule has 3 heteroatoms. The van der Waals surface area contributed by atoms with Crippen molar-refractivity contribution in [2.24, 2.45) is 0 Å². The van der Waals surface area contributed by atoms with Crippen LogP contribution in [-0.2, 0) is 0 Å². The number of nitrogens with two attached hydrogens (primary N) is 1. The zero-order chi connectivity index (χ0) is 11.5. The highest BCUT2D eigenvalue weighted by Gasteiger charge is 2.07. The number of benzene rings is 2. The Morgan fingerprint density at radius 3 is 2.38 bits per heavy atom. The maximum absolute atomic E-state index is 5.72. The number of nitrogens with zero attached hydrogens (tertiary/aromatic N) is 1. The van der Waals surface area contributed by atoms with E-state index in [9.17, 15) is 0 Å². The Hall–Kier alpha value is -1.48. The summed E-state index contributed by atoms with van der Waals surface area (Å²) in [5.41, 5.74) is 8.72. The van der Waals surface area contributed by atoms with Crippen molar-refractivity contribution in [1.82, 2.24) is 0 Å². The second-order valence-corrected chi connectivity index (χ2v) is 4.46. The van der Waals surface area contributed by atoms with Gasteiger partial charge in [0.1, 0.15) is 0 Å². The van der Waals surface area contributed by atoms with Crippen LogP contribution in [0.25, 0.3) is 0 Å². The topological polar surface area (TPSA) is 29.3 Å². The molecule has 0 saturated carbocycles. The highest BCUT2D eigenvalue weighted by molar-refractivity contribution is 9.10. The lowest BCUT2D eigenvalue weighted by atomic mass is 10.2. The van der Waals surface area contributed by atoms with Crippen LogP contribution in [0, 0.1) is 0 Å². The third-order valence-electron chi connectivity index (χ3n) is 2.48. The molecule has 0 radical (unpaired) electrons. The molecule has 2 N–H and O–H groups in total. The predicted molar refractivity (Wildman–Crippen MR) is 73.1 cm³/mol. The normalized spacial score (nSPS) is 10.1. The van der Waals surface area contributed by atoms with E-state index in [0.717, 1.165) is 21.5 Å². The molecule has 0 unspecified atom stereocenters. The Bertz CT molecular complexity index is 483. The molecule has 0 spiro atoms. The molecule has 0 aliphatic rings. The van der Waals surface area contributed by atoms with Crippen molar-refractivity contribution in [1.29, 1.82) is 0 Å². The van der Waals surface area contributed by atoms with Gasteiger partial charge in [-0.1, -0.05) is 18.2 Å². The largest absolute Gasteiger partial charge is 0.399 e. The van der Waals surface area contributed by atoms with Crippen LogP contribution in [0.2, 0.25) is 0 Å². The Morgan fingerprint density at radius 2 is 1.75 bits per heavy atom.